The first-order valence-electron chi connectivity index (χ1n) is 8.03. The second-order valence-electron chi connectivity index (χ2n) is 5.99. The van der Waals surface area contributed by atoms with Gasteiger partial charge in [0.2, 0.25) is 0 Å². The molecule has 3 heterocycles. The van der Waals surface area contributed by atoms with Crippen LogP contribution in [0.4, 0.5) is 0 Å². The SMILES string of the molecule is O=C(NC1CCc2nccn2C1)c1cn(Cc2ccccc2)nn1. The summed E-state index contributed by atoms with van der Waals surface area (Å²) < 4.78 is 3.76. The first-order valence-corrected chi connectivity index (χ1v) is 8.03. The summed E-state index contributed by atoms with van der Waals surface area (Å²) in [5.74, 6) is 0.900. The fraction of sp³-hybridized carbons (Fsp3) is 0.294. The minimum atomic E-state index is -0.178. The number of carbonyl (C=O) groups excluding carboxylic acids is 1. The van der Waals surface area contributed by atoms with Crippen LogP contribution in [0.2, 0.25) is 0 Å². The summed E-state index contributed by atoms with van der Waals surface area (Å²) in [5, 5.41) is 11.1. The maximum Gasteiger partial charge on any atom is 0.273 e. The molecule has 0 fully saturated rings. The molecule has 1 atom stereocenters. The van der Waals surface area contributed by atoms with E-state index in [9.17, 15) is 4.79 Å². The van der Waals surface area contributed by atoms with Crippen LogP contribution in [0.1, 0.15) is 28.3 Å². The molecule has 1 amide bonds. The number of amides is 1. The lowest BCUT2D eigenvalue weighted by Crippen LogP contribution is -2.41. The van der Waals surface area contributed by atoms with Crippen molar-refractivity contribution in [3.8, 4) is 0 Å². The van der Waals surface area contributed by atoms with E-state index >= 15 is 0 Å². The highest BCUT2D eigenvalue weighted by atomic mass is 16.2. The largest absolute Gasteiger partial charge is 0.346 e. The molecule has 24 heavy (non-hydrogen) atoms. The summed E-state index contributed by atoms with van der Waals surface area (Å²) in [6.07, 6.45) is 7.20. The molecule has 0 saturated heterocycles. The van der Waals surface area contributed by atoms with Gasteiger partial charge in [0.1, 0.15) is 5.82 Å². The molecule has 122 valence electrons. The van der Waals surface area contributed by atoms with E-state index in [-0.39, 0.29) is 11.9 Å². The molecule has 1 aliphatic heterocycles. The van der Waals surface area contributed by atoms with E-state index in [1.165, 1.54) is 0 Å². The third-order valence-electron chi connectivity index (χ3n) is 4.23. The third kappa shape index (κ3) is 3.05. The van der Waals surface area contributed by atoms with Gasteiger partial charge < -0.3 is 9.88 Å². The van der Waals surface area contributed by atoms with Gasteiger partial charge in [0.05, 0.1) is 12.7 Å². The normalized spacial score (nSPS) is 16.6. The van der Waals surface area contributed by atoms with Crippen molar-refractivity contribution in [2.75, 3.05) is 0 Å². The zero-order chi connectivity index (χ0) is 16.4. The molecule has 0 saturated carbocycles. The second-order valence-corrected chi connectivity index (χ2v) is 5.99. The Labute approximate surface area is 139 Å². The Kier molecular flexibility index (Phi) is 3.82. The van der Waals surface area contributed by atoms with Gasteiger partial charge in [-0.1, -0.05) is 35.5 Å². The number of rotatable bonds is 4. The molecule has 0 radical (unpaired) electrons. The molecule has 7 heteroatoms. The summed E-state index contributed by atoms with van der Waals surface area (Å²) in [5.41, 5.74) is 1.47. The fourth-order valence-electron chi connectivity index (χ4n) is 2.99. The van der Waals surface area contributed by atoms with Crippen LogP contribution >= 0.6 is 0 Å². The highest BCUT2D eigenvalue weighted by Crippen LogP contribution is 2.13. The number of aryl methyl sites for hydroxylation is 1. The molecular weight excluding hydrogens is 304 g/mol. The van der Waals surface area contributed by atoms with Gasteiger partial charge in [-0.2, -0.15) is 0 Å². The van der Waals surface area contributed by atoms with E-state index in [1.54, 1.807) is 17.1 Å². The van der Waals surface area contributed by atoms with E-state index in [0.29, 0.717) is 12.2 Å². The van der Waals surface area contributed by atoms with E-state index < -0.39 is 0 Å². The van der Waals surface area contributed by atoms with E-state index in [1.807, 2.05) is 36.5 Å². The van der Waals surface area contributed by atoms with Crippen molar-refractivity contribution < 1.29 is 4.79 Å². The number of imidazole rings is 1. The molecule has 1 aliphatic rings. The summed E-state index contributed by atoms with van der Waals surface area (Å²) in [4.78, 5) is 16.7. The number of benzene rings is 1. The first kappa shape index (κ1) is 14.6. The molecule has 1 N–H and O–H groups in total. The fourth-order valence-corrected chi connectivity index (χ4v) is 2.99. The third-order valence-corrected chi connectivity index (χ3v) is 4.23. The molecule has 0 bridgehead atoms. The first-order chi connectivity index (χ1) is 11.8. The molecule has 3 aromatic rings. The molecule has 1 aromatic carbocycles. The standard InChI is InChI=1S/C17H18N6O/c24-17(19-14-6-7-16-18-8-9-22(16)11-14)15-12-23(21-20-15)10-13-4-2-1-3-5-13/h1-5,8-9,12,14H,6-7,10-11H2,(H,19,24). The van der Waals surface area contributed by atoms with Crippen molar-refractivity contribution in [3.63, 3.8) is 0 Å². The van der Waals surface area contributed by atoms with Crippen LogP contribution in [0.25, 0.3) is 0 Å². The number of aromatic nitrogens is 5. The number of hydrogen-bond acceptors (Lipinski definition) is 4. The lowest BCUT2D eigenvalue weighted by Gasteiger charge is -2.24. The number of hydrogen-bond donors (Lipinski definition) is 1. The Morgan fingerprint density at radius 1 is 1.29 bits per heavy atom. The number of nitrogens with zero attached hydrogens (tertiary/aromatic N) is 5. The zero-order valence-electron chi connectivity index (χ0n) is 13.2. The van der Waals surface area contributed by atoms with E-state index in [0.717, 1.165) is 30.8 Å². The molecule has 0 spiro atoms. The van der Waals surface area contributed by atoms with Crippen LogP contribution < -0.4 is 5.32 Å². The van der Waals surface area contributed by atoms with Crippen LogP contribution in [-0.2, 0) is 19.5 Å². The highest BCUT2D eigenvalue weighted by molar-refractivity contribution is 5.92. The van der Waals surface area contributed by atoms with Gasteiger partial charge in [-0.25, -0.2) is 9.67 Å². The molecule has 0 aliphatic carbocycles. The smallest absolute Gasteiger partial charge is 0.273 e. The summed E-state index contributed by atoms with van der Waals surface area (Å²) in [7, 11) is 0. The monoisotopic (exact) mass is 322 g/mol. The van der Waals surface area contributed by atoms with Crippen molar-refractivity contribution >= 4 is 5.91 Å². The second kappa shape index (κ2) is 6.27. The van der Waals surface area contributed by atoms with Gasteiger partial charge in [0.25, 0.3) is 5.91 Å². The number of nitrogens with one attached hydrogen (secondary N) is 1. The van der Waals surface area contributed by atoms with Crippen molar-refractivity contribution in [2.45, 2.75) is 32.0 Å². The van der Waals surface area contributed by atoms with E-state index in [2.05, 4.69) is 25.2 Å². The van der Waals surface area contributed by atoms with Crippen molar-refractivity contribution in [1.29, 1.82) is 0 Å². The maximum atomic E-state index is 12.4. The van der Waals surface area contributed by atoms with Gasteiger partial charge in [-0.3, -0.25) is 4.79 Å². The van der Waals surface area contributed by atoms with Gasteiger partial charge in [0, 0.05) is 31.4 Å². The van der Waals surface area contributed by atoms with Crippen LogP contribution in [0.5, 0.6) is 0 Å². The lowest BCUT2D eigenvalue weighted by molar-refractivity contribution is 0.0922. The Bertz CT molecular complexity index is 838. The zero-order valence-corrected chi connectivity index (χ0v) is 13.2. The van der Waals surface area contributed by atoms with Gasteiger partial charge >= 0.3 is 0 Å². The Morgan fingerprint density at radius 2 is 2.17 bits per heavy atom. The molecule has 1 unspecified atom stereocenters. The average molecular weight is 322 g/mol. The molecule has 2 aromatic heterocycles. The van der Waals surface area contributed by atoms with Gasteiger partial charge in [-0.15, -0.1) is 5.10 Å². The maximum absolute atomic E-state index is 12.4. The van der Waals surface area contributed by atoms with E-state index in [4.69, 9.17) is 0 Å². The average Bonchev–Trinajstić information content (AvgIpc) is 3.24. The highest BCUT2D eigenvalue weighted by Gasteiger charge is 2.22. The topological polar surface area (TPSA) is 77.6 Å². The van der Waals surface area contributed by atoms with Gasteiger partial charge in [0.15, 0.2) is 5.69 Å². The Morgan fingerprint density at radius 3 is 3.04 bits per heavy atom. The minimum Gasteiger partial charge on any atom is -0.346 e. The van der Waals surface area contributed by atoms with Crippen molar-refractivity contribution in [3.05, 3.63) is 66.0 Å². The lowest BCUT2D eigenvalue weighted by atomic mass is 10.1. The van der Waals surface area contributed by atoms with Crippen molar-refractivity contribution in [2.24, 2.45) is 0 Å². The van der Waals surface area contributed by atoms with Gasteiger partial charge in [-0.05, 0) is 12.0 Å². The Hall–Kier alpha value is -2.96. The molecular formula is C17H18N6O. The van der Waals surface area contributed by atoms with Crippen LogP contribution in [0.15, 0.2) is 48.9 Å². The predicted molar refractivity (Wildman–Crippen MR) is 87.4 cm³/mol. The van der Waals surface area contributed by atoms with Crippen LogP contribution in [0, 0.1) is 0 Å². The quantitative estimate of drug-likeness (QED) is 0.784. The molecule has 4 rings (SSSR count). The number of carbonyl (C=O) groups is 1. The van der Waals surface area contributed by atoms with Crippen LogP contribution in [-0.4, -0.2) is 36.5 Å². The van der Waals surface area contributed by atoms with Crippen molar-refractivity contribution in [1.82, 2.24) is 29.9 Å². The summed E-state index contributed by atoms with van der Waals surface area (Å²) in [6, 6.07) is 10.1. The summed E-state index contributed by atoms with van der Waals surface area (Å²) in [6.45, 7) is 1.35. The molecule has 7 nitrogen and oxygen atoms in total. The van der Waals surface area contributed by atoms with Crippen LogP contribution in [0.3, 0.4) is 0 Å². The predicted octanol–water partition coefficient (Wildman–Crippen LogP) is 1.27. The minimum absolute atomic E-state index is 0.0958. The number of fused-ring (bicyclic) bond motifs is 1. The summed E-state index contributed by atoms with van der Waals surface area (Å²) >= 11 is 0. The Balaban J connectivity index is 1.39.